The topological polar surface area (TPSA) is 9.23 Å². The highest BCUT2D eigenvalue weighted by Gasteiger charge is 2.42. The maximum Gasteiger partial charge on any atom is 0.137 e. The normalized spacial score (nSPS) is 15.9. The quantitative estimate of drug-likeness (QED) is 0.756. The van der Waals surface area contributed by atoms with Gasteiger partial charge in [0.05, 0.1) is 11.6 Å². The summed E-state index contributed by atoms with van der Waals surface area (Å²) in [5.41, 5.74) is 2.55. The Hall–Kier alpha value is -1.12. The second-order valence-corrected chi connectivity index (χ2v) is 6.18. The molecule has 0 spiro atoms. The first kappa shape index (κ1) is 13.8. The van der Waals surface area contributed by atoms with Gasteiger partial charge in [-0.1, -0.05) is 48.0 Å². The molecule has 0 unspecified atom stereocenters. The first-order valence-corrected chi connectivity index (χ1v) is 7.82. The van der Waals surface area contributed by atoms with E-state index in [0.29, 0.717) is 11.6 Å². The summed E-state index contributed by atoms with van der Waals surface area (Å²) in [6.07, 6.45) is 2.41. The lowest BCUT2D eigenvalue weighted by molar-refractivity contribution is 0.251. The molecule has 0 heterocycles. The van der Waals surface area contributed by atoms with Crippen molar-refractivity contribution in [1.82, 2.24) is 0 Å². The van der Waals surface area contributed by atoms with Crippen LogP contribution in [-0.4, -0.2) is 12.4 Å². The third-order valence-corrected chi connectivity index (χ3v) is 4.83. The van der Waals surface area contributed by atoms with Gasteiger partial charge >= 0.3 is 0 Å². The first-order valence-electron chi connectivity index (χ1n) is 6.81. The summed E-state index contributed by atoms with van der Waals surface area (Å²) in [5.74, 6) is 1.65. The molecule has 104 valence electrons. The average molecular weight is 305 g/mol. The smallest absolute Gasteiger partial charge is 0.137 e. The van der Waals surface area contributed by atoms with E-state index in [1.807, 2.05) is 30.3 Å². The zero-order valence-electron chi connectivity index (χ0n) is 11.2. The lowest BCUT2D eigenvalue weighted by Crippen LogP contribution is -2.14. The fourth-order valence-corrected chi connectivity index (χ4v) is 2.83. The molecule has 1 nitrogen and oxygen atoms in total. The molecule has 0 atom stereocenters. The van der Waals surface area contributed by atoms with Crippen LogP contribution in [0.4, 0.5) is 0 Å². The molecule has 1 aliphatic rings. The Morgan fingerprint density at radius 2 is 1.80 bits per heavy atom. The Balaban J connectivity index is 1.74. The van der Waals surface area contributed by atoms with Crippen molar-refractivity contribution in [3.63, 3.8) is 0 Å². The molecule has 3 heteroatoms. The standard InChI is InChI=1S/C17H17ClOS/c18-15-10-14(13-4-2-1-3-5-13)6-7-16(15)19-11-17(12-20)8-9-17/h1-7,10,20H,8-9,11-12H2. The molecule has 0 radical (unpaired) electrons. The summed E-state index contributed by atoms with van der Waals surface area (Å²) < 4.78 is 5.86. The molecule has 0 N–H and O–H groups in total. The van der Waals surface area contributed by atoms with Gasteiger partial charge in [-0.3, -0.25) is 0 Å². The van der Waals surface area contributed by atoms with Gasteiger partial charge in [0.2, 0.25) is 0 Å². The zero-order chi connectivity index (χ0) is 14.0. The van der Waals surface area contributed by atoms with Gasteiger partial charge in [-0.15, -0.1) is 0 Å². The molecule has 0 saturated heterocycles. The number of halogens is 1. The van der Waals surface area contributed by atoms with Gasteiger partial charge in [0.15, 0.2) is 0 Å². The van der Waals surface area contributed by atoms with E-state index < -0.39 is 0 Å². The molecule has 0 amide bonds. The summed E-state index contributed by atoms with van der Waals surface area (Å²) in [7, 11) is 0. The summed E-state index contributed by atoms with van der Waals surface area (Å²) >= 11 is 10.7. The van der Waals surface area contributed by atoms with Crippen LogP contribution in [0.3, 0.4) is 0 Å². The summed E-state index contributed by atoms with van der Waals surface area (Å²) in [6.45, 7) is 0.709. The molecule has 3 rings (SSSR count). The fraction of sp³-hybridized carbons (Fsp3) is 0.294. The van der Waals surface area contributed by atoms with Crippen LogP contribution in [0.5, 0.6) is 5.75 Å². The Labute approximate surface area is 130 Å². The zero-order valence-corrected chi connectivity index (χ0v) is 12.8. The third-order valence-electron chi connectivity index (χ3n) is 3.87. The number of hydrogen-bond donors (Lipinski definition) is 1. The van der Waals surface area contributed by atoms with E-state index in [0.717, 1.165) is 22.6 Å². The Kier molecular flexibility index (Phi) is 3.95. The summed E-state index contributed by atoms with van der Waals surface area (Å²) in [4.78, 5) is 0. The minimum absolute atomic E-state index is 0.282. The van der Waals surface area contributed by atoms with Gasteiger partial charge in [0, 0.05) is 5.41 Å². The second kappa shape index (κ2) is 5.71. The van der Waals surface area contributed by atoms with Crippen molar-refractivity contribution in [3.05, 3.63) is 53.6 Å². The van der Waals surface area contributed by atoms with E-state index in [-0.39, 0.29) is 5.41 Å². The monoisotopic (exact) mass is 304 g/mol. The molecule has 1 fully saturated rings. The van der Waals surface area contributed by atoms with Crippen molar-refractivity contribution in [2.24, 2.45) is 5.41 Å². The lowest BCUT2D eigenvalue weighted by atomic mass is 10.1. The molecule has 20 heavy (non-hydrogen) atoms. The van der Waals surface area contributed by atoms with Crippen LogP contribution in [0.15, 0.2) is 48.5 Å². The Morgan fingerprint density at radius 1 is 1.05 bits per heavy atom. The lowest BCUT2D eigenvalue weighted by Gasteiger charge is -2.15. The van der Waals surface area contributed by atoms with Crippen molar-refractivity contribution in [3.8, 4) is 16.9 Å². The number of thiol groups is 1. The maximum absolute atomic E-state index is 6.33. The number of ether oxygens (including phenoxy) is 1. The summed E-state index contributed by atoms with van der Waals surface area (Å²) in [5, 5.41) is 0.668. The van der Waals surface area contributed by atoms with Crippen LogP contribution in [-0.2, 0) is 0 Å². The minimum atomic E-state index is 0.282. The van der Waals surface area contributed by atoms with Crippen molar-refractivity contribution in [2.75, 3.05) is 12.4 Å². The molecule has 2 aromatic rings. The van der Waals surface area contributed by atoms with Crippen LogP contribution in [0, 0.1) is 5.41 Å². The third kappa shape index (κ3) is 2.97. The largest absolute Gasteiger partial charge is 0.491 e. The number of benzene rings is 2. The molecular formula is C17H17ClOS. The van der Waals surface area contributed by atoms with Crippen molar-refractivity contribution in [1.29, 1.82) is 0 Å². The summed E-state index contributed by atoms with van der Waals surface area (Å²) in [6, 6.07) is 16.2. The van der Waals surface area contributed by atoms with Crippen molar-refractivity contribution < 1.29 is 4.74 Å². The number of hydrogen-bond acceptors (Lipinski definition) is 2. The predicted molar refractivity (Wildman–Crippen MR) is 87.9 cm³/mol. The van der Waals surface area contributed by atoms with Gasteiger partial charge in [-0.05, 0) is 41.9 Å². The van der Waals surface area contributed by atoms with E-state index in [1.54, 1.807) is 0 Å². The average Bonchev–Trinajstić information content (AvgIpc) is 3.27. The molecule has 2 aromatic carbocycles. The molecule has 0 aromatic heterocycles. The van der Waals surface area contributed by atoms with Crippen molar-refractivity contribution in [2.45, 2.75) is 12.8 Å². The highest BCUT2D eigenvalue weighted by atomic mass is 35.5. The SMILES string of the molecule is SCC1(COc2ccc(-c3ccccc3)cc2Cl)CC1. The van der Waals surface area contributed by atoms with Crippen LogP contribution in [0.25, 0.3) is 11.1 Å². The maximum atomic E-state index is 6.33. The molecule has 0 bridgehead atoms. The van der Waals surface area contributed by atoms with E-state index in [1.165, 1.54) is 12.8 Å². The highest BCUT2D eigenvalue weighted by molar-refractivity contribution is 7.80. The van der Waals surface area contributed by atoms with Gasteiger partial charge in [0.1, 0.15) is 5.75 Å². The van der Waals surface area contributed by atoms with Crippen LogP contribution in [0.1, 0.15) is 12.8 Å². The predicted octanol–water partition coefficient (Wildman–Crippen LogP) is 5.10. The fourth-order valence-electron chi connectivity index (χ4n) is 2.18. The van der Waals surface area contributed by atoms with Crippen LogP contribution < -0.4 is 4.74 Å². The number of rotatable bonds is 5. The van der Waals surface area contributed by atoms with Gasteiger partial charge in [-0.25, -0.2) is 0 Å². The second-order valence-electron chi connectivity index (χ2n) is 5.46. The van der Waals surface area contributed by atoms with Crippen molar-refractivity contribution >= 4 is 24.2 Å². The first-order chi connectivity index (χ1) is 9.72. The van der Waals surface area contributed by atoms with E-state index in [2.05, 4.69) is 30.8 Å². The van der Waals surface area contributed by atoms with E-state index in [9.17, 15) is 0 Å². The minimum Gasteiger partial charge on any atom is -0.491 e. The molecule has 1 aliphatic carbocycles. The van der Waals surface area contributed by atoms with Crippen LogP contribution >= 0.6 is 24.2 Å². The molecule has 1 saturated carbocycles. The van der Waals surface area contributed by atoms with Gasteiger partial charge < -0.3 is 4.74 Å². The van der Waals surface area contributed by atoms with E-state index >= 15 is 0 Å². The molecular weight excluding hydrogens is 288 g/mol. The van der Waals surface area contributed by atoms with E-state index in [4.69, 9.17) is 16.3 Å². The molecule has 0 aliphatic heterocycles. The Bertz CT molecular complexity index is 593. The van der Waals surface area contributed by atoms with Crippen LogP contribution in [0.2, 0.25) is 5.02 Å². The highest BCUT2D eigenvalue weighted by Crippen LogP contribution is 2.47. The Morgan fingerprint density at radius 3 is 2.40 bits per heavy atom. The van der Waals surface area contributed by atoms with Gasteiger partial charge in [-0.2, -0.15) is 12.6 Å². The van der Waals surface area contributed by atoms with Gasteiger partial charge in [0.25, 0.3) is 0 Å².